The highest BCUT2D eigenvalue weighted by atomic mass is 19.2. The summed E-state index contributed by atoms with van der Waals surface area (Å²) in [4.78, 5) is 38.1. The Bertz CT molecular complexity index is 1340. The molecule has 3 N–H and O–H groups in total. The zero-order chi connectivity index (χ0) is 31.3. The lowest BCUT2D eigenvalue weighted by Gasteiger charge is -2.43. The van der Waals surface area contributed by atoms with Crippen molar-refractivity contribution < 1.29 is 46.5 Å². The van der Waals surface area contributed by atoms with Crippen LogP contribution in [0, 0.1) is 29.2 Å². The summed E-state index contributed by atoms with van der Waals surface area (Å²) >= 11 is 0. The molecule has 0 spiro atoms. The third kappa shape index (κ3) is 7.35. The van der Waals surface area contributed by atoms with E-state index in [2.05, 4.69) is 16.7 Å². The molecule has 1 heterocycles. The molecule has 1 aliphatic heterocycles. The van der Waals surface area contributed by atoms with Gasteiger partial charge in [0.15, 0.2) is 23.2 Å². The van der Waals surface area contributed by atoms with Gasteiger partial charge in [-0.15, -0.1) is 0 Å². The van der Waals surface area contributed by atoms with Crippen molar-refractivity contribution in [2.24, 2.45) is 5.92 Å². The lowest BCUT2D eigenvalue weighted by molar-refractivity contribution is -0.143. The number of carbonyl (C=O) groups is 3. The van der Waals surface area contributed by atoms with Crippen molar-refractivity contribution in [3.05, 3.63) is 64.2 Å². The van der Waals surface area contributed by atoms with Gasteiger partial charge >= 0.3 is 5.97 Å². The number of Topliss-reactive ketones (excluding diaryl/α,β-unsaturated/α-hetero) is 1. The van der Waals surface area contributed by atoms with Gasteiger partial charge in [-0.2, -0.15) is 8.78 Å². The molecule has 12 heteroatoms. The Hall–Kier alpha value is -3.51. The van der Waals surface area contributed by atoms with Crippen molar-refractivity contribution in [1.29, 1.82) is 0 Å². The van der Waals surface area contributed by atoms with Crippen LogP contribution in [0.2, 0.25) is 0 Å². The Morgan fingerprint density at radius 3 is 2.35 bits per heavy atom. The molecule has 0 saturated carbocycles. The lowest BCUT2D eigenvalue weighted by atomic mass is 9.81. The molecule has 43 heavy (non-hydrogen) atoms. The normalized spacial score (nSPS) is 19.8. The van der Waals surface area contributed by atoms with Gasteiger partial charge in [-0.25, -0.2) is 8.78 Å². The van der Waals surface area contributed by atoms with E-state index in [0.717, 1.165) is 44.1 Å². The predicted molar refractivity (Wildman–Crippen MR) is 147 cm³/mol. The van der Waals surface area contributed by atoms with Crippen LogP contribution in [0.4, 0.5) is 17.6 Å². The molecule has 0 aromatic heterocycles. The minimum Gasteiger partial charge on any atom is -0.481 e. The number of benzene rings is 2. The Morgan fingerprint density at radius 1 is 1.02 bits per heavy atom. The van der Waals surface area contributed by atoms with Crippen LogP contribution in [0.3, 0.4) is 0 Å². The fourth-order valence-electron chi connectivity index (χ4n) is 5.75. The minimum absolute atomic E-state index is 0.0140. The van der Waals surface area contributed by atoms with E-state index < -0.39 is 77.5 Å². The smallest absolute Gasteiger partial charge is 0.305 e. The molecule has 0 bridgehead atoms. The number of carbonyl (C=O) groups excluding carboxylic acids is 2. The number of carboxylic acid groups (broad SMARTS) is 1. The molecule has 4 rings (SSSR count). The van der Waals surface area contributed by atoms with E-state index in [1.54, 1.807) is 13.8 Å². The standard InChI is InChI=1S/C31H36F4N2O6/c1-17(2)28(37-31(12-5-6-13-43-31)20-11-7-9-18-8-3-4-10-19(18)20)30(41)36-23(15-25(39)40)24(38)16-42-29-26(34)21(32)14-22(33)27(29)35/h7,9,11,14,17,23,28,37H,3-6,8,10,12-13,15-16H2,1-2H3,(H,36,41)(H,39,40)/t23-,28-,31?/m0/s1. The van der Waals surface area contributed by atoms with E-state index >= 15 is 0 Å². The number of ketones is 1. The van der Waals surface area contributed by atoms with Crippen molar-refractivity contribution in [2.75, 3.05) is 13.2 Å². The predicted octanol–water partition coefficient (Wildman–Crippen LogP) is 4.70. The first-order valence-corrected chi connectivity index (χ1v) is 14.5. The maximum atomic E-state index is 14.0. The monoisotopic (exact) mass is 608 g/mol. The summed E-state index contributed by atoms with van der Waals surface area (Å²) in [5.41, 5.74) is 2.40. The summed E-state index contributed by atoms with van der Waals surface area (Å²) < 4.78 is 66.2. The van der Waals surface area contributed by atoms with Gasteiger partial charge in [0.1, 0.15) is 18.4 Å². The molecule has 3 atom stereocenters. The zero-order valence-corrected chi connectivity index (χ0v) is 24.1. The molecule has 8 nitrogen and oxygen atoms in total. The largest absolute Gasteiger partial charge is 0.481 e. The van der Waals surface area contributed by atoms with Crippen LogP contribution >= 0.6 is 0 Å². The van der Waals surface area contributed by atoms with Gasteiger partial charge in [-0.1, -0.05) is 32.0 Å². The van der Waals surface area contributed by atoms with Gasteiger partial charge in [0.2, 0.25) is 17.5 Å². The number of hydrogen-bond donors (Lipinski definition) is 3. The average Bonchev–Trinajstić information content (AvgIpc) is 2.98. The Morgan fingerprint density at radius 2 is 1.72 bits per heavy atom. The number of hydrogen-bond acceptors (Lipinski definition) is 6. The first kappa shape index (κ1) is 32.4. The maximum absolute atomic E-state index is 14.0. The molecule has 0 radical (unpaired) electrons. The quantitative estimate of drug-likeness (QED) is 0.237. The highest BCUT2D eigenvalue weighted by Gasteiger charge is 2.42. The van der Waals surface area contributed by atoms with Crippen LogP contribution in [0.25, 0.3) is 0 Å². The molecule has 1 fully saturated rings. The van der Waals surface area contributed by atoms with Crippen LogP contribution < -0.4 is 15.4 Å². The Kier molecular flexibility index (Phi) is 10.4. The number of halogens is 4. The number of nitrogens with one attached hydrogen (secondary N) is 2. The van der Waals surface area contributed by atoms with Crippen molar-refractivity contribution in [1.82, 2.24) is 10.6 Å². The van der Waals surface area contributed by atoms with Crippen molar-refractivity contribution >= 4 is 17.7 Å². The van der Waals surface area contributed by atoms with Crippen molar-refractivity contribution in [3.8, 4) is 5.75 Å². The second kappa shape index (κ2) is 13.9. The highest BCUT2D eigenvalue weighted by molar-refractivity contribution is 5.94. The van der Waals surface area contributed by atoms with Crippen LogP contribution in [-0.2, 0) is 37.7 Å². The Labute approximate surface area is 247 Å². The first-order valence-electron chi connectivity index (χ1n) is 14.5. The molecule has 1 saturated heterocycles. The van der Waals surface area contributed by atoms with Gasteiger partial charge < -0.3 is 19.9 Å². The van der Waals surface area contributed by atoms with Gasteiger partial charge in [0.25, 0.3) is 0 Å². The van der Waals surface area contributed by atoms with Gasteiger partial charge in [0.05, 0.1) is 12.5 Å². The van der Waals surface area contributed by atoms with E-state index in [-0.39, 0.29) is 12.0 Å². The fraction of sp³-hybridized carbons (Fsp3) is 0.516. The third-order valence-electron chi connectivity index (χ3n) is 7.95. The summed E-state index contributed by atoms with van der Waals surface area (Å²) in [6.45, 7) is 2.89. The molecule has 1 aliphatic carbocycles. The van der Waals surface area contributed by atoms with Crippen molar-refractivity contribution in [2.45, 2.75) is 83.0 Å². The number of carboxylic acids is 1. The van der Waals surface area contributed by atoms with Gasteiger partial charge in [0, 0.05) is 18.2 Å². The molecule has 2 aromatic rings. The van der Waals surface area contributed by atoms with E-state index in [9.17, 15) is 37.1 Å². The number of rotatable bonds is 12. The van der Waals surface area contributed by atoms with Crippen molar-refractivity contribution in [3.63, 3.8) is 0 Å². The number of amides is 1. The van der Waals surface area contributed by atoms with Gasteiger partial charge in [-0.05, 0) is 62.0 Å². The topological polar surface area (TPSA) is 114 Å². The zero-order valence-electron chi connectivity index (χ0n) is 24.1. The molecule has 234 valence electrons. The minimum atomic E-state index is -1.85. The van der Waals surface area contributed by atoms with E-state index in [4.69, 9.17) is 9.47 Å². The van der Waals surface area contributed by atoms with Crippen LogP contribution in [-0.4, -0.2) is 48.1 Å². The first-order chi connectivity index (χ1) is 20.4. The molecule has 1 unspecified atom stereocenters. The molecular weight excluding hydrogens is 572 g/mol. The van der Waals surface area contributed by atoms with Crippen LogP contribution in [0.5, 0.6) is 5.75 Å². The van der Waals surface area contributed by atoms with E-state index in [1.165, 1.54) is 11.1 Å². The Balaban J connectivity index is 1.56. The summed E-state index contributed by atoms with van der Waals surface area (Å²) in [6, 6.07) is 3.46. The maximum Gasteiger partial charge on any atom is 0.305 e. The van der Waals surface area contributed by atoms with E-state index in [0.29, 0.717) is 13.0 Å². The molecular formula is C31H36F4N2O6. The van der Waals surface area contributed by atoms with Gasteiger partial charge in [-0.3, -0.25) is 19.7 Å². The SMILES string of the molecule is CC(C)[C@H](NC1(c2cccc3c2CCCC3)CCCCO1)C(=O)N[C@@H](CC(=O)O)C(=O)COc1c(F)c(F)cc(F)c1F. The van der Waals surface area contributed by atoms with E-state index in [1.807, 2.05) is 12.1 Å². The number of ether oxygens (including phenoxy) is 2. The molecule has 1 amide bonds. The summed E-state index contributed by atoms with van der Waals surface area (Å²) in [5.74, 6) is -12.2. The number of aliphatic carboxylic acids is 1. The van der Waals surface area contributed by atoms with Crippen LogP contribution in [0.15, 0.2) is 24.3 Å². The molecule has 2 aliphatic rings. The number of aryl methyl sites for hydroxylation is 1. The number of fused-ring (bicyclic) bond motifs is 1. The summed E-state index contributed by atoms with van der Waals surface area (Å²) in [7, 11) is 0. The second-order valence-electron chi connectivity index (χ2n) is 11.4. The lowest BCUT2D eigenvalue weighted by Crippen LogP contribution is -2.60. The summed E-state index contributed by atoms with van der Waals surface area (Å²) in [6.07, 6.45) is 5.36. The fourth-order valence-corrected chi connectivity index (χ4v) is 5.75. The second-order valence-corrected chi connectivity index (χ2v) is 11.4. The molecule has 2 aromatic carbocycles. The van der Waals surface area contributed by atoms with Crippen LogP contribution in [0.1, 0.15) is 69.1 Å². The highest BCUT2D eigenvalue weighted by Crippen LogP contribution is 2.39. The summed E-state index contributed by atoms with van der Waals surface area (Å²) in [5, 5.41) is 15.3. The third-order valence-corrected chi connectivity index (χ3v) is 7.95. The average molecular weight is 609 g/mol.